The maximum absolute atomic E-state index is 13.6. The van der Waals surface area contributed by atoms with Crippen molar-refractivity contribution >= 4 is 34.7 Å². The van der Waals surface area contributed by atoms with Crippen molar-refractivity contribution in [2.45, 2.75) is 39.8 Å². The summed E-state index contributed by atoms with van der Waals surface area (Å²) < 4.78 is 5.27. The van der Waals surface area contributed by atoms with E-state index in [2.05, 4.69) is 9.97 Å². The monoisotopic (exact) mass is 477 g/mol. The number of anilines is 1. The first-order valence-electron chi connectivity index (χ1n) is 10.7. The van der Waals surface area contributed by atoms with Gasteiger partial charge in [0.1, 0.15) is 6.04 Å². The van der Waals surface area contributed by atoms with Crippen molar-refractivity contribution in [3.8, 4) is 0 Å². The Morgan fingerprint density at radius 3 is 2.53 bits per heavy atom. The van der Waals surface area contributed by atoms with Crippen LogP contribution in [0.2, 0.25) is 0 Å². The van der Waals surface area contributed by atoms with E-state index in [4.69, 9.17) is 4.74 Å². The fourth-order valence-corrected chi connectivity index (χ4v) is 4.72. The average Bonchev–Trinajstić information content (AvgIpc) is 3.28. The summed E-state index contributed by atoms with van der Waals surface area (Å²) in [5, 5.41) is 11.6. The van der Waals surface area contributed by atoms with Gasteiger partial charge in [-0.15, -0.1) is 11.3 Å². The third-order valence-electron chi connectivity index (χ3n) is 5.23. The molecule has 1 unspecified atom stereocenters. The Kier molecular flexibility index (Phi) is 6.30. The Morgan fingerprint density at radius 1 is 1.15 bits per heavy atom. The number of hydrogen-bond acceptors (Lipinski definition) is 8. The highest BCUT2D eigenvalue weighted by Gasteiger charge is 2.46. The number of hydrogen-bond donors (Lipinski definition) is 1. The normalized spacial score (nSPS) is 15.9. The number of amides is 1. The quantitative estimate of drug-likeness (QED) is 0.411. The Labute approximate surface area is 200 Å². The number of aliphatic hydroxyl groups is 1. The largest absolute Gasteiger partial charge is 0.503 e. The molecule has 1 amide bonds. The minimum absolute atomic E-state index is 0.0781. The fourth-order valence-electron chi connectivity index (χ4n) is 3.85. The maximum atomic E-state index is 13.6. The number of Topliss-reactive ketones (excluding diaryl/α,β-unsaturated/α-hetero) is 1. The van der Waals surface area contributed by atoms with E-state index in [0.717, 1.165) is 0 Å². The first kappa shape index (κ1) is 23.3. The van der Waals surface area contributed by atoms with Crippen LogP contribution >= 0.6 is 11.3 Å². The van der Waals surface area contributed by atoms with Crippen LogP contribution in [0.3, 0.4) is 0 Å². The van der Waals surface area contributed by atoms with Crippen molar-refractivity contribution in [3.05, 3.63) is 86.8 Å². The van der Waals surface area contributed by atoms with Crippen LogP contribution in [0.15, 0.2) is 60.0 Å². The highest BCUT2D eigenvalue weighted by atomic mass is 32.1. The minimum Gasteiger partial charge on any atom is -0.503 e. The minimum atomic E-state index is -0.987. The van der Waals surface area contributed by atoms with Gasteiger partial charge in [0, 0.05) is 11.9 Å². The van der Waals surface area contributed by atoms with Gasteiger partial charge in [-0.3, -0.25) is 19.5 Å². The number of ether oxygens (including phenoxy) is 1. The van der Waals surface area contributed by atoms with Crippen LogP contribution in [0, 0.1) is 13.8 Å². The number of carbonyl (C=O) groups excluding carboxylic acids is 3. The molecule has 3 heterocycles. The molecule has 174 valence electrons. The van der Waals surface area contributed by atoms with Crippen molar-refractivity contribution in [2.75, 3.05) is 4.90 Å². The van der Waals surface area contributed by atoms with E-state index in [0.29, 0.717) is 27.0 Å². The highest BCUT2D eigenvalue weighted by Crippen LogP contribution is 2.42. The predicted octanol–water partition coefficient (Wildman–Crippen LogP) is 4.50. The molecule has 1 aliphatic rings. The van der Waals surface area contributed by atoms with Gasteiger partial charge >= 0.3 is 5.97 Å². The topological polar surface area (TPSA) is 110 Å². The number of thiazole rings is 1. The van der Waals surface area contributed by atoms with Gasteiger partial charge in [-0.25, -0.2) is 9.78 Å². The molecule has 2 aromatic heterocycles. The first-order chi connectivity index (χ1) is 16.2. The summed E-state index contributed by atoms with van der Waals surface area (Å²) in [5.74, 6) is -2.43. The molecule has 0 fully saturated rings. The van der Waals surface area contributed by atoms with Crippen molar-refractivity contribution < 1.29 is 24.2 Å². The van der Waals surface area contributed by atoms with Gasteiger partial charge in [0.15, 0.2) is 5.76 Å². The molecule has 0 saturated heterocycles. The molecule has 0 aliphatic carbocycles. The predicted molar refractivity (Wildman–Crippen MR) is 127 cm³/mol. The number of pyridine rings is 1. The molecule has 4 rings (SSSR count). The molecule has 1 aliphatic heterocycles. The lowest BCUT2D eigenvalue weighted by Gasteiger charge is -2.26. The van der Waals surface area contributed by atoms with Crippen LogP contribution in [0.4, 0.5) is 5.69 Å². The third kappa shape index (κ3) is 4.22. The number of aryl methyl sites for hydroxylation is 2. The Bertz CT molecular complexity index is 1310. The molecular formula is C25H23N3O5S. The zero-order valence-corrected chi connectivity index (χ0v) is 19.9. The van der Waals surface area contributed by atoms with Gasteiger partial charge in [0.2, 0.25) is 5.78 Å². The summed E-state index contributed by atoms with van der Waals surface area (Å²) in [5.41, 5.74) is 1.41. The van der Waals surface area contributed by atoms with Crippen molar-refractivity contribution in [2.24, 2.45) is 0 Å². The molecule has 0 radical (unpaired) electrons. The van der Waals surface area contributed by atoms with Crippen LogP contribution in [0.25, 0.3) is 0 Å². The van der Waals surface area contributed by atoms with Gasteiger partial charge < -0.3 is 9.84 Å². The summed E-state index contributed by atoms with van der Waals surface area (Å²) in [7, 11) is 0. The van der Waals surface area contributed by atoms with Crippen LogP contribution in [0.5, 0.6) is 0 Å². The van der Waals surface area contributed by atoms with E-state index < -0.39 is 29.5 Å². The number of aliphatic hydroxyl groups excluding tert-OH is 1. The van der Waals surface area contributed by atoms with Crippen molar-refractivity contribution in [1.82, 2.24) is 9.97 Å². The summed E-state index contributed by atoms with van der Waals surface area (Å²) in [4.78, 5) is 49.6. The second kappa shape index (κ2) is 9.18. The van der Waals surface area contributed by atoms with Crippen LogP contribution in [0.1, 0.15) is 56.3 Å². The second-order valence-electron chi connectivity index (χ2n) is 8.08. The van der Waals surface area contributed by atoms with Gasteiger partial charge in [-0.1, -0.05) is 12.1 Å². The molecule has 8 nitrogen and oxygen atoms in total. The summed E-state index contributed by atoms with van der Waals surface area (Å²) >= 11 is 1.20. The van der Waals surface area contributed by atoms with Crippen LogP contribution in [-0.2, 0) is 9.53 Å². The smallest absolute Gasteiger partial charge is 0.338 e. The van der Waals surface area contributed by atoms with E-state index >= 15 is 0 Å². The van der Waals surface area contributed by atoms with Crippen molar-refractivity contribution in [3.63, 3.8) is 0 Å². The molecule has 34 heavy (non-hydrogen) atoms. The molecule has 9 heteroatoms. The zero-order chi connectivity index (χ0) is 24.6. The molecule has 1 aromatic carbocycles. The lowest BCUT2D eigenvalue weighted by Crippen LogP contribution is -2.31. The first-order valence-corrected chi connectivity index (χ1v) is 11.5. The van der Waals surface area contributed by atoms with Gasteiger partial charge in [0.05, 0.1) is 38.5 Å². The number of rotatable bonds is 6. The highest BCUT2D eigenvalue weighted by molar-refractivity contribution is 7.14. The Hall–Kier alpha value is -3.85. The lowest BCUT2D eigenvalue weighted by atomic mass is 9.98. The SMILES string of the molecule is Cc1nc(C)c(C(=O)C2=C(O)C(=O)N(c3cccc(C(=O)OC(C)C)c3)C2c2ccccn2)s1. The number of nitrogens with zero attached hydrogens (tertiary/aromatic N) is 3. The van der Waals surface area contributed by atoms with E-state index in [1.807, 2.05) is 0 Å². The average molecular weight is 478 g/mol. The van der Waals surface area contributed by atoms with E-state index in [-0.39, 0.29) is 17.2 Å². The van der Waals surface area contributed by atoms with Crippen LogP contribution in [-0.4, -0.2) is 38.8 Å². The van der Waals surface area contributed by atoms with Gasteiger partial charge in [-0.2, -0.15) is 0 Å². The Balaban J connectivity index is 1.83. The molecule has 3 aromatic rings. The van der Waals surface area contributed by atoms with Gasteiger partial charge in [-0.05, 0) is 58.0 Å². The number of esters is 1. The van der Waals surface area contributed by atoms with E-state index in [1.54, 1.807) is 70.3 Å². The molecular weight excluding hydrogens is 454 g/mol. The zero-order valence-electron chi connectivity index (χ0n) is 19.1. The van der Waals surface area contributed by atoms with Crippen LogP contribution < -0.4 is 4.90 Å². The lowest BCUT2D eigenvalue weighted by molar-refractivity contribution is -0.117. The molecule has 1 atom stereocenters. The fraction of sp³-hybridized carbons (Fsp3) is 0.240. The Morgan fingerprint density at radius 2 is 1.91 bits per heavy atom. The third-order valence-corrected chi connectivity index (χ3v) is 6.30. The summed E-state index contributed by atoms with van der Waals surface area (Å²) in [6, 6.07) is 10.5. The molecule has 0 bridgehead atoms. The van der Waals surface area contributed by atoms with Crippen molar-refractivity contribution in [1.29, 1.82) is 0 Å². The second-order valence-corrected chi connectivity index (χ2v) is 9.28. The number of ketones is 1. The maximum Gasteiger partial charge on any atom is 0.338 e. The number of carbonyl (C=O) groups is 3. The molecule has 0 spiro atoms. The molecule has 1 N–H and O–H groups in total. The summed E-state index contributed by atoms with van der Waals surface area (Å²) in [6.07, 6.45) is 1.24. The molecule has 0 saturated carbocycles. The standard InChI is InChI=1S/C25H23N3O5S/c1-13(2)33-25(32)16-8-7-9-17(12-16)28-20(18-10-5-6-11-26-18)19(22(30)24(28)31)21(29)23-14(3)27-15(4)34-23/h5-13,20,30H,1-4H3. The van der Waals surface area contributed by atoms with E-state index in [1.165, 1.54) is 22.3 Å². The summed E-state index contributed by atoms with van der Waals surface area (Å²) in [6.45, 7) is 6.98. The van der Waals surface area contributed by atoms with Gasteiger partial charge in [0.25, 0.3) is 5.91 Å². The number of aromatic nitrogens is 2. The van der Waals surface area contributed by atoms with E-state index in [9.17, 15) is 19.5 Å². The number of benzene rings is 1.